The number of benzene rings is 1. The number of aromatic nitrogens is 2. The fourth-order valence-electron chi connectivity index (χ4n) is 1.98. The zero-order valence-corrected chi connectivity index (χ0v) is 12.3. The van der Waals surface area contributed by atoms with Crippen LogP contribution in [0.25, 0.3) is 0 Å². The molecule has 0 unspecified atom stereocenters. The van der Waals surface area contributed by atoms with E-state index in [0.29, 0.717) is 18.1 Å². The Morgan fingerprint density at radius 3 is 2.76 bits per heavy atom. The number of anilines is 2. The van der Waals surface area contributed by atoms with E-state index >= 15 is 0 Å². The van der Waals surface area contributed by atoms with E-state index in [1.807, 2.05) is 49.2 Å². The Morgan fingerprint density at radius 1 is 1.33 bits per heavy atom. The van der Waals surface area contributed by atoms with Crippen LogP contribution < -0.4 is 10.6 Å². The lowest BCUT2D eigenvalue weighted by Gasteiger charge is -2.19. The maximum absolute atomic E-state index is 11.6. The van der Waals surface area contributed by atoms with E-state index in [4.69, 9.17) is 5.73 Å². The van der Waals surface area contributed by atoms with Crippen LogP contribution in [0.2, 0.25) is 0 Å². The summed E-state index contributed by atoms with van der Waals surface area (Å²) >= 11 is 0. The Kier molecular flexibility index (Phi) is 4.37. The number of rotatable bonds is 4. The van der Waals surface area contributed by atoms with Crippen LogP contribution in [0, 0.1) is 6.92 Å². The highest BCUT2D eigenvalue weighted by Gasteiger charge is 2.13. The van der Waals surface area contributed by atoms with Crippen molar-refractivity contribution in [3.63, 3.8) is 0 Å². The molecule has 0 saturated heterocycles. The molecule has 0 aliphatic carbocycles. The summed E-state index contributed by atoms with van der Waals surface area (Å²) in [4.78, 5) is 21.8. The smallest absolute Gasteiger partial charge is 0.376 e. The van der Waals surface area contributed by atoms with Gasteiger partial charge < -0.3 is 15.4 Å². The van der Waals surface area contributed by atoms with Crippen molar-refractivity contribution < 1.29 is 9.53 Å². The van der Waals surface area contributed by atoms with Crippen LogP contribution in [-0.4, -0.2) is 30.1 Å². The summed E-state index contributed by atoms with van der Waals surface area (Å²) in [5.41, 5.74) is 8.26. The number of esters is 1. The minimum atomic E-state index is -0.544. The molecule has 2 rings (SSSR count). The molecule has 0 fully saturated rings. The standard InChI is InChI=1S/C15H18N4O2/c1-10-7-13(18-14(17-10)15(20)21-3)19(2)9-11-5-4-6-12(16)8-11/h4-8H,9,16H2,1-3H3. The second-order valence-electron chi connectivity index (χ2n) is 4.78. The number of methoxy groups -OCH3 is 1. The topological polar surface area (TPSA) is 81.3 Å². The molecule has 0 aliphatic rings. The molecule has 0 amide bonds. The number of carbonyl (C=O) groups is 1. The van der Waals surface area contributed by atoms with Gasteiger partial charge in [0.2, 0.25) is 5.82 Å². The quantitative estimate of drug-likeness (QED) is 0.681. The highest BCUT2D eigenvalue weighted by atomic mass is 16.5. The first-order valence-electron chi connectivity index (χ1n) is 6.49. The van der Waals surface area contributed by atoms with Gasteiger partial charge in [0, 0.05) is 31.0 Å². The van der Waals surface area contributed by atoms with Crippen molar-refractivity contribution in [2.75, 3.05) is 24.8 Å². The largest absolute Gasteiger partial charge is 0.463 e. The molecule has 1 aromatic heterocycles. The molecule has 6 heteroatoms. The van der Waals surface area contributed by atoms with E-state index in [0.717, 1.165) is 11.3 Å². The lowest BCUT2D eigenvalue weighted by molar-refractivity contribution is 0.0586. The zero-order valence-electron chi connectivity index (χ0n) is 12.3. The number of nitrogen functional groups attached to an aromatic ring is 1. The van der Waals surface area contributed by atoms with Gasteiger partial charge in [-0.2, -0.15) is 0 Å². The molecule has 1 heterocycles. The van der Waals surface area contributed by atoms with E-state index in [1.165, 1.54) is 7.11 Å². The predicted molar refractivity (Wildman–Crippen MR) is 81.1 cm³/mol. The molecule has 6 nitrogen and oxygen atoms in total. The molecular formula is C15H18N4O2. The summed E-state index contributed by atoms with van der Waals surface area (Å²) in [5.74, 6) is 0.176. The van der Waals surface area contributed by atoms with Gasteiger partial charge in [-0.1, -0.05) is 12.1 Å². The van der Waals surface area contributed by atoms with Crippen molar-refractivity contribution in [1.29, 1.82) is 0 Å². The van der Waals surface area contributed by atoms with Crippen LogP contribution in [0.5, 0.6) is 0 Å². The van der Waals surface area contributed by atoms with Gasteiger partial charge in [0.25, 0.3) is 0 Å². The molecule has 1 aromatic carbocycles. The number of hydrogen-bond donors (Lipinski definition) is 1. The maximum Gasteiger partial charge on any atom is 0.376 e. The Morgan fingerprint density at radius 2 is 2.10 bits per heavy atom. The number of nitrogens with zero attached hydrogens (tertiary/aromatic N) is 3. The number of carbonyl (C=O) groups excluding carboxylic acids is 1. The first-order valence-corrected chi connectivity index (χ1v) is 6.49. The van der Waals surface area contributed by atoms with Gasteiger partial charge in [-0.15, -0.1) is 0 Å². The highest BCUT2D eigenvalue weighted by molar-refractivity contribution is 5.85. The summed E-state index contributed by atoms with van der Waals surface area (Å²) in [6.07, 6.45) is 0. The van der Waals surface area contributed by atoms with E-state index in [-0.39, 0.29) is 5.82 Å². The molecule has 110 valence electrons. The lowest BCUT2D eigenvalue weighted by atomic mass is 10.2. The van der Waals surface area contributed by atoms with Gasteiger partial charge in [0.1, 0.15) is 5.82 Å². The third kappa shape index (κ3) is 3.68. The van der Waals surface area contributed by atoms with Gasteiger partial charge in [-0.05, 0) is 24.6 Å². The van der Waals surface area contributed by atoms with Crippen LogP contribution >= 0.6 is 0 Å². The minimum Gasteiger partial charge on any atom is -0.463 e. The molecule has 0 saturated carbocycles. The normalized spacial score (nSPS) is 10.2. The monoisotopic (exact) mass is 286 g/mol. The van der Waals surface area contributed by atoms with Crippen LogP contribution in [0.4, 0.5) is 11.5 Å². The van der Waals surface area contributed by atoms with Gasteiger partial charge >= 0.3 is 5.97 Å². The van der Waals surface area contributed by atoms with Crippen LogP contribution in [0.15, 0.2) is 30.3 Å². The maximum atomic E-state index is 11.6. The van der Waals surface area contributed by atoms with Crippen molar-refractivity contribution >= 4 is 17.5 Å². The predicted octanol–water partition coefficient (Wildman–Crippen LogP) is 1.79. The van der Waals surface area contributed by atoms with Crippen molar-refractivity contribution in [1.82, 2.24) is 9.97 Å². The van der Waals surface area contributed by atoms with Crippen molar-refractivity contribution in [2.24, 2.45) is 0 Å². The second-order valence-corrected chi connectivity index (χ2v) is 4.78. The summed E-state index contributed by atoms with van der Waals surface area (Å²) < 4.78 is 4.66. The Bertz CT molecular complexity index is 658. The molecule has 0 atom stereocenters. The van der Waals surface area contributed by atoms with Crippen LogP contribution in [0.3, 0.4) is 0 Å². The SMILES string of the molecule is COC(=O)c1nc(C)cc(N(C)Cc2cccc(N)c2)n1. The molecule has 21 heavy (non-hydrogen) atoms. The van der Waals surface area contributed by atoms with Crippen molar-refractivity contribution in [3.8, 4) is 0 Å². The summed E-state index contributed by atoms with van der Waals surface area (Å²) in [7, 11) is 3.20. The average Bonchev–Trinajstić information content (AvgIpc) is 2.45. The first-order chi connectivity index (χ1) is 9.99. The molecule has 0 radical (unpaired) electrons. The van der Waals surface area contributed by atoms with Crippen LogP contribution in [0.1, 0.15) is 21.9 Å². The van der Waals surface area contributed by atoms with Crippen molar-refractivity contribution in [3.05, 3.63) is 47.4 Å². The molecular weight excluding hydrogens is 268 g/mol. The number of hydrogen-bond acceptors (Lipinski definition) is 6. The fraction of sp³-hybridized carbons (Fsp3) is 0.267. The summed E-state index contributed by atoms with van der Waals surface area (Å²) in [6, 6.07) is 9.46. The summed E-state index contributed by atoms with van der Waals surface area (Å²) in [5, 5.41) is 0. The van der Waals surface area contributed by atoms with Gasteiger partial charge in [-0.25, -0.2) is 14.8 Å². The van der Waals surface area contributed by atoms with E-state index in [1.54, 1.807) is 0 Å². The van der Waals surface area contributed by atoms with Gasteiger partial charge in [0.05, 0.1) is 7.11 Å². The minimum absolute atomic E-state index is 0.0620. The lowest BCUT2D eigenvalue weighted by Crippen LogP contribution is -2.20. The van der Waals surface area contributed by atoms with Crippen molar-refractivity contribution in [2.45, 2.75) is 13.5 Å². The van der Waals surface area contributed by atoms with E-state index in [9.17, 15) is 4.79 Å². The van der Waals surface area contributed by atoms with E-state index < -0.39 is 5.97 Å². The molecule has 0 spiro atoms. The Balaban J connectivity index is 2.24. The molecule has 2 N–H and O–H groups in total. The fourth-order valence-corrected chi connectivity index (χ4v) is 1.98. The summed E-state index contributed by atoms with van der Waals surface area (Å²) in [6.45, 7) is 2.44. The van der Waals surface area contributed by atoms with Gasteiger partial charge in [0.15, 0.2) is 0 Å². The zero-order chi connectivity index (χ0) is 15.4. The third-order valence-electron chi connectivity index (χ3n) is 2.97. The highest BCUT2D eigenvalue weighted by Crippen LogP contribution is 2.16. The number of ether oxygens (including phenoxy) is 1. The van der Waals surface area contributed by atoms with Gasteiger partial charge in [-0.3, -0.25) is 0 Å². The Labute approximate surface area is 123 Å². The van der Waals surface area contributed by atoms with E-state index in [2.05, 4.69) is 14.7 Å². The molecule has 0 bridgehead atoms. The second kappa shape index (κ2) is 6.21. The molecule has 0 aliphatic heterocycles. The third-order valence-corrected chi connectivity index (χ3v) is 2.97. The number of nitrogens with two attached hydrogens (primary N) is 1. The molecule has 2 aromatic rings. The average molecular weight is 286 g/mol. The Hall–Kier alpha value is -2.63. The van der Waals surface area contributed by atoms with Crippen LogP contribution in [-0.2, 0) is 11.3 Å². The first kappa shape index (κ1) is 14.8. The number of aryl methyl sites for hydroxylation is 1.